The van der Waals surface area contributed by atoms with Crippen LogP contribution in [0.25, 0.3) is 11.2 Å². The van der Waals surface area contributed by atoms with Crippen LogP contribution >= 0.6 is 11.6 Å². The molecule has 0 fully saturated rings. The van der Waals surface area contributed by atoms with E-state index in [0.29, 0.717) is 12.1 Å². The minimum Gasteiger partial charge on any atom is -0.323 e. The molecule has 0 spiro atoms. The van der Waals surface area contributed by atoms with Gasteiger partial charge in [0.2, 0.25) is 15.3 Å². The van der Waals surface area contributed by atoms with Crippen molar-refractivity contribution in [2.24, 2.45) is 0 Å². The van der Waals surface area contributed by atoms with Gasteiger partial charge in [0.15, 0.2) is 11.2 Å². The van der Waals surface area contributed by atoms with Gasteiger partial charge in [0, 0.05) is 19.6 Å². The molecule has 0 aliphatic heterocycles. The molecule has 0 atom stereocenters. The number of sulfonamides is 1. The molecule has 2 aromatic heterocycles. The Balaban J connectivity index is 1.81. The fraction of sp³-hybridized carbons (Fsp3) is 0.421. The molecule has 3 rings (SSSR count). The number of nitrogens with one attached hydrogen (secondary N) is 2. The van der Waals surface area contributed by atoms with Gasteiger partial charge >= 0.3 is 5.69 Å². The van der Waals surface area contributed by atoms with E-state index >= 15 is 0 Å². The standard InChI is InChI=1S/C19H24ClN5O4S/c1-2-3-7-11-24-16-15(22-18(20)23-16)17(26)25(19(24)27)12-10-21-30(28,29)13-14-8-5-4-6-9-14/h4-6,8-9,21H,2-3,7,10-13H2,1H3,(H,22,23). The number of H-pyrrole nitrogens is 1. The van der Waals surface area contributed by atoms with Crippen molar-refractivity contribution >= 4 is 32.8 Å². The third-order valence-electron chi connectivity index (χ3n) is 4.67. The van der Waals surface area contributed by atoms with Gasteiger partial charge in [-0.25, -0.2) is 17.9 Å². The van der Waals surface area contributed by atoms with Crippen molar-refractivity contribution < 1.29 is 8.42 Å². The fourth-order valence-electron chi connectivity index (χ4n) is 3.21. The van der Waals surface area contributed by atoms with E-state index in [2.05, 4.69) is 14.7 Å². The number of aromatic nitrogens is 4. The van der Waals surface area contributed by atoms with Crippen LogP contribution in [0.2, 0.25) is 5.28 Å². The zero-order valence-electron chi connectivity index (χ0n) is 16.6. The zero-order valence-corrected chi connectivity index (χ0v) is 18.2. The van der Waals surface area contributed by atoms with Crippen molar-refractivity contribution in [3.05, 3.63) is 62.0 Å². The minimum atomic E-state index is -3.61. The summed E-state index contributed by atoms with van der Waals surface area (Å²) in [5, 5.41) is 0.0204. The molecule has 0 amide bonds. The summed E-state index contributed by atoms with van der Waals surface area (Å²) >= 11 is 5.91. The molecule has 3 aromatic rings. The molecule has 30 heavy (non-hydrogen) atoms. The van der Waals surface area contributed by atoms with E-state index in [0.717, 1.165) is 23.8 Å². The van der Waals surface area contributed by atoms with E-state index in [1.807, 2.05) is 6.92 Å². The molecular formula is C19H24ClN5O4S. The van der Waals surface area contributed by atoms with E-state index in [4.69, 9.17) is 11.6 Å². The summed E-state index contributed by atoms with van der Waals surface area (Å²) in [6.07, 6.45) is 2.64. The highest BCUT2D eigenvalue weighted by Crippen LogP contribution is 2.10. The molecule has 0 unspecified atom stereocenters. The Kier molecular flexibility index (Phi) is 7.11. The molecule has 0 bridgehead atoms. The molecule has 9 nitrogen and oxygen atoms in total. The lowest BCUT2D eigenvalue weighted by atomic mass is 10.2. The summed E-state index contributed by atoms with van der Waals surface area (Å²) in [5.41, 5.74) is -0.123. The lowest BCUT2D eigenvalue weighted by Gasteiger charge is -2.12. The predicted octanol–water partition coefficient (Wildman–Crippen LogP) is 1.85. The number of nitrogens with zero attached hydrogens (tertiary/aromatic N) is 3. The second-order valence-corrected chi connectivity index (χ2v) is 9.13. The minimum absolute atomic E-state index is 0.0204. The molecule has 11 heteroatoms. The second kappa shape index (κ2) is 9.59. The van der Waals surface area contributed by atoms with Gasteiger partial charge in [-0.2, -0.15) is 4.98 Å². The normalized spacial score (nSPS) is 11.9. The lowest BCUT2D eigenvalue weighted by molar-refractivity contribution is 0.529. The number of unbranched alkanes of at least 4 members (excludes halogenated alkanes) is 2. The van der Waals surface area contributed by atoms with Crippen LogP contribution in [-0.2, 0) is 28.9 Å². The molecule has 162 valence electrons. The van der Waals surface area contributed by atoms with E-state index in [-0.39, 0.29) is 35.3 Å². The van der Waals surface area contributed by atoms with E-state index in [1.165, 1.54) is 4.57 Å². The highest BCUT2D eigenvalue weighted by atomic mass is 35.5. The Morgan fingerprint density at radius 1 is 1.10 bits per heavy atom. The summed E-state index contributed by atoms with van der Waals surface area (Å²) in [6.45, 7) is 2.25. The van der Waals surface area contributed by atoms with Crippen molar-refractivity contribution in [1.82, 2.24) is 23.8 Å². The van der Waals surface area contributed by atoms with Gasteiger partial charge in [-0.15, -0.1) is 0 Å². The largest absolute Gasteiger partial charge is 0.332 e. The van der Waals surface area contributed by atoms with Crippen LogP contribution in [0.1, 0.15) is 31.7 Å². The maximum Gasteiger partial charge on any atom is 0.332 e. The summed E-state index contributed by atoms with van der Waals surface area (Å²) in [6, 6.07) is 8.76. The third-order valence-corrected chi connectivity index (χ3v) is 6.21. The summed E-state index contributed by atoms with van der Waals surface area (Å²) in [7, 11) is -3.61. The topological polar surface area (TPSA) is 119 Å². The summed E-state index contributed by atoms with van der Waals surface area (Å²) < 4.78 is 29.5. The maximum atomic E-state index is 12.9. The highest BCUT2D eigenvalue weighted by Gasteiger charge is 2.17. The molecular weight excluding hydrogens is 430 g/mol. The fourth-order valence-corrected chi connectivity index (χ4v) is 4.52. The molecule has 0 aliphatic rings. The number of halogens is 1. The maximum absolute atomic E-state index is 12.9. The first kappa shape index (κ1) is 22.3. The van der Waals surface area contributed by atoms with Gasteiger partial charge in [0.1, 0.15) is 0 Å². The van der Waals surface area contributed by atoms with Crippen LogP contribution in [0.3, 0.4) is 0 Å². The number of fused-ring (bicyclic) bond motifs is 1. The molecule has 2 N–H and O–H groups in total. The molecule has 0 radical (unpaired) electrons. The van der Waals surface area contributed by atoms with E-state index in [1.54, 1.807) is 30.3 Å². The van der Waals surface area contributed by atoms with Crippen molar-refractivity contribution in [2.45, 2.75) is 45.0 Å². The van der Waals surface area contributed by atoms with Crippen LogP contribution in [0, 0.1) is 0 Å². The first-order chi connectivity index (χ1) is 14.3. The first-order valence-corrected chi connectivity index (χ1v) is 11.8. The smallest absolute Gasteiger partial charge is 0.323 e. The SMILES string of the molecule is CCCCCn1c(=O)n(CCNS(=O)(=O)Cc2ccccc2)c(=O)c2[nH]c(Cl)nc21. The molecule has 0 saturated heterocycles. The van der Waals surface area contributed by atoms with Crippen LogP contribution in [0.4, 0.5) is 0 Å². The van der Waals surface area contributed by atoms with Crippen LogP contribution in [0.5, 0.6) is 0 Å². The van der Waals surface area contributed by atoms with Crippen LogP contribution < -0.4 is 16.0 Å². The van der Waals surface area contributed by atoms with E-state index < -0.39 is 21.3 Å². The number of benzene rings is 1. The number of aryl methyl sites for hydroxylation is 1. The van der Waals surface area contributed by atoms with Gasteiger partial charge in [0.25, 0.3) is 5.56 Å². The van der Waals surface area contributed by atoms with Gasteiger partial charge in [-0.1, -0.05) is 50.1 Å². The molecule has 1 aromatic carbocycles. The Hall–Kier alpha value is -2.43. The predicted molar refractivity (Wildman–Crippen MR) is 116 cm³/mol. The number of imidazole rings is 1. The van der Waals surface area contributed by atoms with Gasteiger partial charge in [-0.3, -0.25) is 13.9 Å². The first-order valence-electron chi connectivity index (χ1n) is 9.72. The average molecular weight is 454 g/mol. The third kappa shape index (κ3) is 5.18. The Bertz CT molecular complexity index is 1230. The second-order valence-electron chi connectivity index (χ2n) is 6.96. The van der Waals surface area contributed by atoms with Gasteiger partial charge in [0.05, 0.1) is 5.75 Å². The Morgan fingerprint density at radius 2 is 1.83 bits per heavy atom. The van der Waals surface area contributed by atoms with Crippen molar-refractivity contribution in [2.75, 3.05) is 6.54 Å². The van der Waals surface area contributed by atoms with Crippen LogP contribution in [-0.4, -0.2) is 34.1 Å². The quantitative estimate of drug-likeness (QED) is 0.358. The summed E-state index contributed by atoms with van der Waals surface area (Å²) in [4.78, 5) is 32.4. The van der Waals surface area contributed by atoms with Gasteiger partial charge in [-0.05, 0) is 23.6 Å². The summed E-state index contributed by atoms with van der Waals surface area (Å²) in [5.74, 6) is -0.181. The number of aromatic amines is 1. The Morgan fingerprint density at radius 3 is 2.53 bits per heavy atom. The number of rotatable bonds is 10. The molecule has 0 saturated carbocycles. The van der Waals surface area contributed by atoms with Crippen molar-refractivity contribution in [3.8, 4) is 0 Å². The Labute approximate surface area is 178 Å². The molecule has 0 aliphatic carbocycles. The van der Waals surface area contributed by atoms with Crippen molar-refractivity contribution in [3.63, 3.8) is 0 Å². The van der Waals surface area contributed by atoms with Crippen LogP contribution in [0.15, 0.2) is 39.9 Å². The lowest BCUT2D eigenvalue weighted by Crippen LogP contribution is -2.42. The highest BCUT2D eigenvalue weighted by molar-refractivity contribution is 7.88. The van der Waals surface area contributed by atoms with E-state index in [9.17, 15) is 18.0 Å². The monoisotopic (exact) mass is 453 g/mol. The zero-order chi connectivity index (χ0) is 21.7. The molecule has 2 heterocycles. The number of hydrogen-bond donors (Lipinski definition) is 2. The number of hydrogen-bond acceptors (Lipinski definition) is 5. The van der Waals surface area contributed by atoms with Gasteiger partial charge < -0.3 is 4.98 Å². The average Bonchev–Trinajstić information content (AvgIpc) is 3.09. The van der Waals surface area contributed by atoms with Crippen molar-refractivity contribution in [1.29, 1.82) is 0 Å².